The number of rotatable bonds is 20. The Morgan fingerprint density at radius 2 is 1.58 bits per heavy atom. The summed E-state index contributed by atoms with van der Waals surface area (Å²) in [6, 6.07) is -2.55. The molecule has 0 aromatic rings. The summed E-state index contributed by atoms with van der Waals surface area (Å²) in [7, 11) is 0. The molecule has 1 unspecified atom stereocenters. The van der Waals surface area contributed by atoms with Gasteiger partial charge in [0.25, 0.3) is 0 Å². The van der Waals surface area contributed by atoms with Gasteiger partial charge in [-0.25, -0.2) is 0 Å². The molecular weight excluding hydrogens is 498 g/mol. The van der Waals surface area contributed by atoms with Crippen molar-refractivity contribution in [2.45, 2.75) is 76.1 Å². The summed E-state index contributed by atoms with van der Waals surface area (Å²) < 4.78 is 10.3. The molecule has 0 bridgehead atoms. The van der Waals surface area contributed by atoms with Crippen LogP contribution in [-0.2, 0) is 38.2 Å². The maximum absolute atomic E-state index is 12.6. The molecule has 14 heteroatoms. The summed E-state index contributed by atoms with van der Waals surface area (Å²) in [6.45, 7) is 3.49. The molecule has 0 saturated carbocycles. The minimum Gasteiger partial charge on any atom is -0.480 e. The number of amides is 2. The van der Waals surface area contributed by atoms with Crippen LogP contribution in [0.25, 0.3) is 0 Å². The Bertz CT molecular complexity index is 750. The van der Waals surface area contributed by atoms with E-state index in [1.54, 1.807) is 0 Å². The monoisotopic (exact) mass is 535 g/mol. The molecule has 206 valence electrons. The Hall–Kier alpha value is -2.87. The molecule has 3 atom stereocenters. The van der Waals surface area contributed by atoms with Gasteiger partial charge in [0.15, 0.2) is 0 Å². The second kappa shape index (κ2) is 19.3. The van der Waals surface area contributed by atoms with Crippen molar-refractivity contribution in [1.29, 1.82) is 0 Å². The van der Waals surface area contributed by atoms with E-state index in [0.717, 1.165) is 24.6 Å². The zero-order valence-electron chi connectivity index (χ0n) is 20.7. The van der Waals surface area contributed by atoms with Crippen LogP contribution in [-0.4, -0.2) is 88.7 Å². The Morgan fingerprint density at radius 3 is 2.14 bits per heavy atom. The third kappa shape index (κ3) is 15.9. The molecule has 0 spiro atoms. The number of nitrogens with one attached hydrogen (secondary N) is 2. The highest BCUT2D eigenvalue weighted by Crippen LogP contribution is 2.19. The average molecular weight is 536 g/mol. The lowest BCUT2D eigenvalue weighted by atomic mass is 10.1. The highest BCUT2D eigenvalue weighted by Gasteiger charge is 2.29. The standard InChI is InChI=1S/C22H37N3O10S/c1-3-5-9-34-19(29)11-16(22(33)35-10-6-4-2)36-13-15(20(30)24-12-18(27)28)25-17(26)8-7-14(23)21(31)32/h14-16H,3-13,23H2,1-2H3,(H,24,30)(H,25,26)(H,27,28)(H,31,32)/t14-,15-,16?/m0/s1. The Kier molecular flexibility index (Phi) is 17.8. The number of carbonyl (C=O) groups excluding carboxylic acids is 4. The molecule has 0 radical (unpaired) electrons. The fourth-order valence-electron chi connectivity index (χ4n) is 2.52. The summed E-state index contributed by atoms with van der Waals surface area (Å²) in [5, 5.41) is 21.2. The maximum atomic E-state index is 12.6. The van der Waals surface area contributed by atoms with Gasteiger partial charge in [0.1, 0.15) is 23.9 Å². The molecule has 0 fully saturated rings. The molecule has 0 aromatic heterocycles. The predicted molar refractivity (Wildman–Crippen MR) is 130 cm³/mol. The third-order valence-corrected chi connectivity index (χ3v) is 5.93. The summed E-state index contributed by atoms with van der Waals surface area (Å²) in [5.41, 5.74) is 5.38. The number of carboxylic acids is 2. The van der Waals surface area contributed by atoms with Crippen LogP contribution in [0.4, 0.5) is 0 Å². The van der Waals surface area contributed by atoms with Crippen molar-refractivity contribution in [3.63, 3.8) is 0 Å². The van der Waals surface area contributed by atoms with Gasteiger partial charge >= 0.3 is 23.9 Å². The quantitative estimate of drug-likeness (QED) is 0.103. The van der Waals surface area contributed by atoms with Crippen LogP contribution in [0.15, 0.2) is 0 Å². The number of nitrogens with two attached hydrogens (primary N) is 1. The summed E-state index contributed by atoms with van der Waals surface area (Å²) in [5.74, 6) is -5.60. The largest absolute Gasteiger partial charge is 0.480 e. The first-order valence-electron chi connectivity index (χ1n) is 11.7. The van der Waals surface area contributed by atoms with E-state index in [1.807, 2.05) is 13.8 Å². The van der Waals surface area contributed by atoms with Gasteiger partial charge in [0, 0.05) is 12.2 Å². The smallest absolute Gasteiger partial charge is 0.322 e. The molecule has 2 amide bonds. The number of aliphatic carboxylic acids is 2. The van der Waals surface area contributed by atoms with Gasteiger partial charge in [-0.3, -0.25) is 28.8 Å². The molecule has 0 heterocycles. The summed E-state index contributed by atoms with van der Waals surface area (Å²) in [6.07, 6.45) is 2.08. The molecule has 0 rings (SSSR count). The van der Waals surface area contributed by atoms with Crippen LogP contribution < -0.4 is 16.4 Å². The topological polar surface area (TPSA) is 211 Å². The van der Waals surface area contributed by atoms with E-state index in [4.69, 9.17) is 25.4 Å². The molecule has 36 heavy (non-hydrogen) atoms. The number of esters is 2. The molecule has 13 nitrogen and oxygen atoms in total. The normalized spacial score (nSPS) is 13.1. The molecule has 0 aromatic carbocycles. The van der Waals surface area contributed by atoms with E-state index < -0.39 is 59.6 Å². The maximum Gasteiger partial charge on any atom is 0.322 e. The van der Waals surface area contributed by atoms with Crippen molar-refractivity contribution in [3.05, 3.63) is 0 Å². The minimum absolute atomic E-state index is 0.153. The number of ether oxygens (including phenoxy) is 2. The summed E-state index contributed by atoms with van der Waals surface area (Å²) >= 11 is 0.880. The fraction of sp³-hybridized carbons (Fsp3) is 0.727. The van der Waals surface area contributed by atoms with E-state index in [2.05, 4.69) is 10.6 Å². The molecular formula is C22H37N3O10S. The highest BCUT2D eigenvalue weighted by molar-refractivity contribution is 8.00. The predicted octanol–water partition coefficient (Wildman–Crippen LogP) is 0.0426. The Labute approximate surface area is 214 Å². The van der Waals surface area contributed by atoms with E-state index in [-0.39, 0.29) is 38.2 Å². The second-order valence-electron chi connectivity index (χ2n) is 7.84. The number of hydrogen-bond donors (Lipinski definition) is 5. The van der Waals surface area contributed by atoms with Gasteiger partial charge in [0.2, 0.25) is 11.8 Å². The van der Waals surface area contributed by atoms with Crippen LogP contribution in [0.1, 0.15) is 58.8 Å². The molecule has 0 aliphatic heterocycles. The van der Waals surface area contributed by atoms with Crippen molar-refractivity contribution in [2.75, 3.05) is 25.5 Å². The Balaban J connectivity index is 5.33. The van der Waals surface area contributed by atoms with Gasteiger partial charge in [-0.15, -0.1) is 11.8 Å². The number of thioether (sulfide) groups is 1. The van der Waals surface area contributed by atoms with Crippen molar-refractivity contribution in [2.24, 2.45) is 5.73 Å². The lowest BCUT2D eigenvalue weighted by Crippen LogP contribution is -2.50. The van der Waals surface area contributed by atoms with Crippen LogP contribution >= 0.6 is 11.8 Å². The molecule has 6 N–H and O–H groups in total. The van der Waals surface area contributed by atoms with Gasteiger partial charge in [0.05, 0.1) is 19.6 Å². The first-order chi connectivity index (χ1) is 17.0. The number of carbonyl (C=O) groups is 6. The third-order valence-electron chi connectivity index (χ3n) is 4.65. The van der Waals surface area contributed by atoms with Gasteiger partial charge in [-0.05, 0) is 19.3 Å². The van der Waals surface area contributed by atoms with Gasteiger partial charge in [-0.1, -0.05) is 26.7 Å². The lowest BCUT2D eigenvalue weighted by Gasteiger charge is -2.21. The lowest BCUT2D eigenvalue weighted by molar-refractivity contribution is -0.149. The average Bonchev–Trinajstić information content (AvgIpc) is 2.82. The fourth-order valence-corrected chi connectivity index (χ4v) is 3.64. The molecule has 0 aliphatic carbocycles. The van der Waals surface area contributed by atoms with Gasteiger partial charge < -0.3 is 36.1 Å². The number of carboxylic acid groups (broad SMARTS) is 2. The zero-order chi connectivity index (χ0) is 27.5. The molecule has 0 aliphatic rings. The van der Waals surface area contributed by atoms with Gasteiger partial charge in [-0.2, -0.15) is 0 Å². The van der Waals surface area contributed by atoms with Crippen molar-refractivity contribution >= 4 is 47.5 Å². The van der Waals surface area contributed by atoms with E-state index in [1.165, 1.54) is 0 Å². The SMILES string of the molecule is CCCCOC(=O)CC(SC[C@H](NC(=O)CC[C@H](N)C(=O)O)C(=O)NCC(=O)O)C(=O)OCCCC. The van der Waals surface area contributed by atoms with Crippen molar-refractivity contribution in [3.8, 4) is 0 Å². The number of hydrogen-bond acceptors (Lipinski definition) is 10. The van der Waals surface area contributed by atoms with Crippen LogP contribution in [0.3, 0.4) is 0 Å². The number of unbranched alkanes of at least 4 members (excludes halogenated alkanes) is 2. The van der Waals surface area contributed by atoms with Crippen LogP contribution in [0.5, 0.6) is 0 Å². The van der Waals surface area contributed by atoms with Crippen LogP contribution in [0.2, 0.25) is 0 Å². The minimum atomic E-state index is -1.30. The van der Waals surface area contributed by atoms with Crippen molar-refractivity contribution < 1.29 is 48.5 Å². The highest BCUT2D eigenvalue weighted by atomic mass is 32.2. The van der Waals surface area contributed by atoms with Crippen LogP contribution in [0, 0.1) is 0 Å². The first kappa shape index (κ1) is 33.1. The van der Waals surface area contributed by atoms with Crippen molar-refractivity contribution in [1.82, 2.24) is 10.6 Å². The van der Waals surface area contributed by atoms with E-state index in [0.29, 0.717) is 12.8 Å². The molecule has 0 saturated heterocycles. The second-order valence-corrected chi connectivity index (χ2v) is 9.07. The first-order valence-corrected chi connectivity index (χ1v) is 12.8. The van der Waals surface area contributed by atoms with E-state index >= 15 is 0 Å². The Morgan fingerprint density at radius 1 is 0.972 bits per heavy atom. The van der Waals surface area contributed by atoms with E-state index in [9.17, 15) is 28.8 Å². The zero-order valence-corrected chi connectivity index (χ0v) is 21.5. The summed E-state index contributed by atoms with van der Waals surface area (Å²) in [4.78, 5) is 71.1.